The maximum absolute atomic E-state index is 2.47. The summed E-state index contributed by atoms with van der Waals surface area (Å²) in [5.74, 6) is 0. The number of hydrogen-bond acceptors (Lipinski definition) is 0. The molecule has 0 N–H and O–H groups in total. The first kappa shape index (κ1) is 43.4. The second kappa shape index (κ2) is 31.6. The molecule has 0 saturated carbocycles. The molecule has 0 aromatic heterocycles. The first-order valence-electron chi connectivity index (χ1n) is 20.3. The van der Waals surface area contributed by atoms with Gasteiger partial charge in [0.1, 0.15) is 0 Å². The molecule has 264 valence electrons. The van der Waals surface area contributed by atoms with E-state index in [0.29, 0.717) is 0 Å². The molecule has 2 aromatic carbocycles. The zero-order valence-electron chi connectivity index (χ0n) is 30.8. The van der Waals surface area contributed by atoms with Crippen LogP contribution in [0.4, 0.5) is 0 Å². The Balaban J connectivity index is 0.0000106. The van der Waals surface area contributed by atoms with Crippen LogP contribution >= 0.6 is 7.26 Å². The van der Waals surface area contributed by atoms with Crippen LogP contribution in [0, 0.1) is 0 Å². The van der Waals surface area contributed by atoms with Crippen molar-refractivity contribution in [2.24, 2.45) is 0 Å². The molecular formula is C44H76BrP. The molecule has 0 heterocycles. The van der Waals surface area contributed by atoms with Crippen LogP contribution in [-0.2, 0) is 0 Å². The molecule has 2 rings (SSSR count). The Labute approximate surface area is 300 Å². The molecule has 0 aliphatic heterocycles. The van der Waals surface area contributed by atoms with E-state index in [9.17, 15) is 0 Å². The number of hydrogen-bond donors (Lipinski definition) is 0. The maximum Gasteiger partial charge on any atom is 0.0991 e. The van der Waals surface area contributed by atoms with Gasteiger partial charge in [-0.3, -0.25) is 0 Å². The van der Waals surface area contributed by atoms with Crippen molar-refractivity contribution >= 4 is 17.9 Å². The van der Waals surface area contributed by atoms with Gasteiger partial charge in [0.15, 0.2) is 0 Å². The third-order valence-corrected chi connectivity index (χ3v) is 15.0. The highest BCUT2D eigenvalue weighted by Crippen LogP contribution is 2.57. The standard InChI is InChI=1S/C44H76P.BrH/c1-3-5-7-9-11-13-15-17-19-21-23-25-27-35-41-45(43-37-31-29-32-38-43,44-39-33-30-34-40-44)42-36-28-26-24-22-20-18-16-14-12-10-8-6-4-2;/h29-34,37-40H,3-28,35-36,41-42H2,1-2H3;1H/q+1;/p-1. The zero-order valence-corrected chi connectivity index (χ0v) is 33.3. The van der Waals surface area contributed by atoms with Crippen molar-refractivity contribution in [3.05, 3.63) is 60.7 Å². The first-order valence-corrected chi connectivity index (χ1v) is 22.5. The third-order valence-electron chi connectivity index (χ3n) is 10.3. The third kappa shape index (κ3) is 20.7. The maximum atomic E-state index is 2.47. The van der Waals surface area contributed by atoms with Crippen LogP contribution in [0.5, 0.6) is 0 Å². The molecule has 0 amide bonds. The van der Waals surface area contributed by atoms with Gasteiger partial charge in [0, 0.05) is 0 Å². The topological polar surface area (TPSA) is 0 Å². The normalized spacial score (nSPS) is 11.5. The minimum absolute atomic E-state index is 0. The molecule has 0 atom stereocenters. The Morgan fingerprint density at radius 2 is 0.522 bits per heavy atom. The summed E-state index contributed by atoms with van der Waals surface area (Å²) in [5.41, 5.74) is 0. The van der Waals surface area contributed by atoms with Gasteiger partial charge in [0.2, 0.25) is 0 Å². The quantitative estimate of drug-likeness (QED) is 0.0523. The molecule has 46 heavy (non-hydrogen) atoms. The van der Waals surface area contributed by atoms with Crippen molar-refractivity contribution in [2.75, 3.05) is 12.3 Å². The summed E-state index contributed by atoms with van der Waals surface area (Å²) in [6.45, 7) is 4.62. The summed E-state index contributed by atoms with van der Waals surface area (Å²) in [6, 6.07) is 23.5. The van der Waals surface area contributed by atoms with Crippen LogP contribution in [0.1, 0.15) is 194 Å². The zero-order chi connectivity index (χ0) is 31.9. The minimum Gasteiger partial charge on any atom is -1.00 e. The average Bonchev–Trinajstić information content (AvgIpc) is 3.08. The monoisotopic (exact) mass is 714 g/mol. The fourth-order valence-corrected chi connectivity index (χ4v) is 11.9. The van der Waals surface area contributed by atoms with Gasteiger partial charge in [-0.05, 0) is 49.9 Å². The van der Waals surface area contributed by atoms with E-state index in [1.165, 1.54) is 192 Å². The molecule has 0 spiro atoms. The summed E-state index contributed by atoms with van der Waals surface area (Å²) < 4.78 is 0. The van der Waals surface area contributed by atoms with E-state index in [1.54, 1.807) is 10.6 Å². The van der Waals surface area contributed by atoms with Crippen LogP contribution in [0.15, 0.2) is 60.7 Å². The van der Waals surface area contributed by atoms with E-state index >= 15 is 0 Å². The molecule has 0 saturated heterocycles. The number of benzene rings is 2. The predicted octanol–water partition coefficient (Wildman–Crippen LogP) is 11.6. The van der Waals surface area contributed by atoms with Gasteiger partial charge in [-0.2, -0.15) is 0 Å². The number of unbranched alkanes of at least 4 members (excludes halogenated alkanes) is 26. The Kier molecular flexibility index (Phi) is 29.8. The predicted molar refractivity (Wildman–Crippen MR) is 209 cm³/mol. The highest BCUT2D eigenvalue weighted by atomic mass is 79.9. The summed E-state index contributed by atoms with van der Waals surface area (Å²) in [7, 11) is -1.37. The van der Waals surface area contributed by atoms with Gasteiger partial charge >= 0.3 is 0 Å². The molecule has 0 nitrogen and oxygen atoms in total. The van der Waals surface area contributed by atoms with Crippen molar-refractivity contribution in [2.45, 2.75) is 194 Å². The minimum atomic E-state index is -1.37. The van der Waals surface area contributed by atoms with Gasteiger partial charge in [-0.1, -0.05) is 204 Å². The summed E-state index contributed by atoms with van der Waals surface area (Å²) in [6.07, 6.45) is 43.1. The van der Waals surface area contributed by atoms with E-state index in [0.717, 1.165) is 0 Å². The Morgan fingerprint density at radius 3 is 0.761 bits per heavy atom. The van der Waals surface area contributed by atoms with Crippen molar-refractivity contribution in [1.82, 2.24) is 0 Å². The fourth-order valence-electron chi connectivity index (χ4n) is 7.36. The smallest absolute Gasteiger partial charge is 0.0991 e. The van der Waals surface area contributed by atoms with Gasteiger partial charge in [-0.25, -0.2) is 0 Å². The molecule has 0 aliphatic rings. The summed E-state index contributed by atoms with van der Waals surface area (Å²) >= 11 is 0. The van der Waals surface area contributed by atoms with Crippen LogP contribution in [0.3, 0.4) is 0 Å². The van der Waals surface area contributed by atoms with Gasteiger partial charge in [-0.15, -0.1) is 0 Å². The number of rotatable bonds is 32. The lowest BCUT2D eigenvalue weighted by Gasteiger charge is -2.28. The molecule has 0 aliphatic carbocycles. The lowest BCUT2D eigenvalue weighted by atomic mass is 10.0. The van der Waals surface area contributed by atoms with Crippen molar-refractivity contribution < 1.29 is 17.0 Å². The van der Waals surface area contributed by atoms with Crippen molar-refractivity contribution in [1.29, 1.82) is 0 Å². The lowest BCUT2D eigenvalue weighted by Crippen LogP contribution is -3.00. The molecular weight excluding hydrogens is 639 g/mol. The van der Waals surface area contributed by atoms with Gasteiger partial charge in [0.05, 0.1) is 30.2 Å². The molecule has 2 heteroatoms. The molecule has 0 radical (unpaired) electrons. The molecule has 0 unspecified atom stereocenters. The van der Waals surface area contributed by atoms with E-state index in [4.69, 9.17) is 0 Å². The summed E-state index contributed by atoms with van der Waals surface area (Å²) in [4.78, 5) is 0. The van der Waals surface area contributed by atoms with Crippen LogP contribution < -0.4 is 27.6 Å². The molecule has 0 bridgehead atoms. The first-order chi connectivity index (χ1) is 22.3. The molecule has 2 aromatic rings. The Hall–Kier alpha value is -0.650. The lowest BCUT2D eigenvalue weighted by molar-refractivity contribution is -0.00000963. The van der Waals surface area contributed by atoms with Gasteiger partial charge in [0.25, 0.3) is 0 Å². The van der Waals surface area contributed by atoms with Crippen LogP contribution in [0.25, 0.3) is 0 Å². The van der Waals surface area contributed by atoms with Crippen molar-refractivity contribution in [3.8, 4) is 0 Å². The van der Waals surface area contributed by atoms with Crippen molar-refractivity contribution in [3.63, 3.8) is 0 Å². The van der Waals surface area contributed by atoms with Gasteiger partial charge < -0.3 is 17.0 Å². The highest BCUT2D eigenvalue weighted by molar-refractivity contribution is 7.89. The average molecular weight is 716 g/mol. The van der Waals surface area contributed by atoms with E-state index in [1.807, 2.05) is 0 Å². The Bertz CT molecular complexity index is 792. The Morgan fingerprint density at radius 1 is 0.304 bits per heavy atom. The highest BCUT2D eigenvalue weighted by Gasteiger charge is 2.41. The fraction of sp³-hybridized carbons (Fsp3) is 0.727. The SMILES string of the molecule is CCCCCCCCCCCCCCCC[P+](CCCCCCCCCCCCCCCC)(c1ccccc1)c1ccccc1.[Br-]. The van der Waals surface area contributed by atoms with E-state index in [2.05, 4.69) is 74.5 Å². The van der Waals surface area contributed by atoms with E-state index < -0.39 is 7.26 Å². The largest absolute Gasteiger partial charge is 1.00 e. The second-order valence-corrected chi connectivity index (χ2v) is 18.1. The number of halogens is 1. The van der Waals surface area contributed by atoms with E-state index in [-0.39, 0.29) is 17.0 Å². The van der Waals surface area contributed by atoms with Crippen LogP contribution in [-0.4, -0.2) is 12.3 Å². The summed E-state index contributed by atoms with van der Waals surface area (Å²) in [5, 5.41) is 3.31. The molecule has 0 fully saturated rings. The van der Waals surface area contributed by atoms with Crippen LogP contribution in [0.2, 0.25) is 0 Å². The second-order valence-electron chi connectivity index (χ2n) is 14.3.